The average molecular weight is 444 g/mol. The fourth-order valence-corrected chi connectivity index (χ4v) is 4.43. The van der Waals surface area contributed by atoms with Crippen LogP contribution in [-0.4, -0.2) is 41.9 Å². The Morgan fingerprint density at radius 2 is 1.77 bits per heavy atom. The Kier molecular flexibility index (Phi) is 6.47. The quantitative estimate of drug-likeness (QED) is 0.584. The van der Waals surface area contributed by atoms with Gasteiger partial charge in [0.2, 0.25) is 10.0 Å². The zero-order valence-electron chi connectivity index (χ0n) is 18.5. The van der Waals surface area contributed by atoms with Crippen LogP contribution in [0.2, 0.25) is 0 Å². The molecule has 0 spiro atoms. The molecule has 1 aromatic heterocycles. The van der Waals surface area contributed by atoms with E-state index in [0.29, 0.717) is 29.7 Å². The highest BCUT2D eigenvalue weighted by Crippen LogP contribution is 2.22. The van der Waals surface area contributed by atoms with Crippen LogP contribution in [0.4, 0.5) is 0 Å². The molecule has 166 valence electrons. The van der Waals surface area contributed by atoms with Crippen molar-refractivity contribution in [1.82, 2.24) is 25.0 Å². The van der Waals surface area contributed by atoms with E-state index in [1.54, 1.807) is 24.6 Å². The molecule has 31 heavy (non-hydrogen) atoms. The molecule has 2 aromatic carbocycles. The lowest BCUT2D eigenvalue weighted by Crippen LogP contribution is -2.30. The van der Waals surface area contributed by atoms with Crippen molar-refractivity contribution in [3.63, 3.8) is 0 Å². The molecule has 9 heteroatoms. The first-order valence-corrected chi connectivity index (χ1v) is 11.7. The summed E-state index contributed by atoms with van der Waals surface area (Å²) >= 11 is 0. The molecule has 0 unspecified atom stereocenters. The molecule has 1 amide bonds. The van der Waals surface area contributed by atoms with E-state index in [1.807, 2.05) is 24.3 Å². The monoisotopic (exact) mass is 443 g/mol. The van der Waals surface area contributed by atoms with E-state index in [4.69, 9.17) is 0 Å². The topological polar surface area (TPSA) is 106 Å². The van der Waals surface area contributed by atoms with Gasteiger partial charge in [-0.25, -0.2) is 17.8 Å². The highest BCUT2D eigenvalue weighted by atomic mass is 32.2. The third-order valence-electron chi connectivity index (χ3n) is 4.81. The molecule has 0 bridgehead atoms. The number of aromatic nitrogens is 3. The second-order valence-electron chi connectivity index (χ2n) is 8.82. The summed E-state index contributed by atoms with van der Waals surface area (Å²) in [5.74, 6) is -0.155. The van der Waals surface area contributed by atoms with Crippen LogP contribution in [0.5, 0.6) is 0 Å². The van der Waals surface area contributed by atoms with Gasteiger partial charge in [0.15, 0.2) is 0 Å². The van der Waals surface area contributed by atoms with Gasteiger partial charge in [-0.15, -0.1) is 5.10 Å². The van der Waals surface area contributed by atoms with E-state index >= 15 is 0 Å². The first-order valence-electron chi connectivity index (χ1n) is 10.2. The lowest BCUT2D eigenvalue weighted by atomic mass is 9.87. The van der Waals surface area contributed by atoms with Gasteiger partial charge in [0, 0.05) is 18.2 Å². The van der Waals surface area contributed by atoms with Crippen molar-refractivity contribution in [1.29, 1.82) is 0 Å². The van der Waals surface area contributed by atoms with E-state index in [2.05, 4.69) is 41.1 Å². The van der Waals surface area contributed by atoms with Crippen LogP contribution in [0.3, 0.4) is 0 Å². The number of benzene rings is 2. The van der Waals surface area contributed by atoms with Gasteiger partial charge in [0.1, 0.15) is 5.52 Å². The lowest BCUT2D eigenvalue weighted by Gasteiger charge is -2.19. The second-order valence-corrected chi connectivity index (χ2v) is 10.5. The number of fused-ring (bicyclic) bond motifs is 1. The maximum absolute atomic E-state index is 12.4. The standard InChI is InChI=1S/C22H29N5O3S/c1-15(2)25-31(29,30)18-10-11-20-19(14-18)24-26-27(20)13-12-23-21(28)16-6-8-17(9-7-16)22(3,4)5/h6-11,14-15,25H,12-13H2,1-5H3,(H,23,28). The van der Waals surface area contributed by atoms with Crippen molar-refractivity contribution < 1.29 is 13.2 Å². The number of sulfonamides is 1. The Morgan fingerprint density at radius 3 is 2.39 bits per heavy atom. The number of rotatable bonds is 7. The van der Waals surface area contributed by atoms with Crippen molar-refractivity contribution in [2.45, 2.75) is 57.5 Å². The van der Waals surface area contributed by atoms with Gasteiger partial charge in [-0.1, -0.05) is 38.1 Å². The zero-order valence-corrected chi connectivity index (χ0v) is 19.3. The predicted octanol–water partition coefficient (Wildman–Crippen LogP) is 2.85. The highest BCUT2D eigenvalue weighted by Gasteiger charge is 2.18. The largest absolute Gasteiger partial charge is 0.350 e. The molecule has 0 radical (unpaired) electrons. The van der Waals surface area contributed by atoms with Crippen LogP contribution < -0.4 is 10.0 Å². The smallest absolute Gasteiger partial charge is 0.251 e. The molecule has 3 aromatic rings. The normalized spacial score (nSPS) is 12.5. The molecule has 1 heterocycles. The van der Waals surface area contributed by atoms with Crippen molar-refractivity contribution in [3.8, 4) is 0 Å². The first kappa shape index (κ1) is 22.9. The summed E-state index contributed by atoms with van der Waals surface area (Å²) in [6.07, 6.45) is 0. The Bertz CT molecular complexity index is 1180. The molecule has 8 nitrogen and oxygen atoms in total. The summed E-state index contributed by atoms with van der Waals surface area (Å²) in [6, 6.07) is 12.1. The van der Waals surface area contributed by atoms with Crippen molar-refractivity contribution in [3.05, 3.63) is 53.6 Å². The summed E-state index contributed by atoms with van der Waals surface area (Å²) in [5, 5.41) is 11.0. The van der Waals surface area contributed by atoms with Crippen molar-refractivity contribution in [2.75, 3.05) is 6.54 Å². The molecule has 3 rings (SSSR count). The minimum Gasteiger partial charge on any atom is -0.350 e. The van der Waals surface area contributed by atoms with E-state index in [1.165, 1.54) is 17.7 Å². The number of hydrogen-bond acceptors (Lipinski definition) is 5. The highest BCUT2D eigenvalue weighted by molar-refractivity contribution is 7.89. The van der Waals surface area contributed by atoms with E-state index < -0.39 is 10.0 Å². The second kappa shape index (κ2) is 8.76. The fourth-order valence-electron chi connectivity index (χ4n) is 3.16. The number of nitrogens with one attached hydrogen (secondary N) is 2. The molecule has 0 saturated carbocycles. The first-order chi connectivity index (χ1) is 14.5. The van der Waals surface area contributed by atoms with Crippen LogP contribution in [0.25, 0.3) is 11.0 Å². The van der Waals surface area contributed by atoms with Gasteiger partial charge in [0.25, 0.3) is 5.91 Å². The molecule has 0 aliphatic rings. The van der Waals surface area contributed by atoms with Crippen LogP contribution in [0, 0.1) is 0 Å². The molecule has 0 saturated heterocycles. The third kappa shape index (κ3) is 5.48. The zero-order chi connectivity index (χ0) is 22.8. The fraction of sp³-hybridized carbons (Fsp3) is 0.409. The van der Waals surface area contributed by atoms with Crippen LogP contribution in [-0.2, 0) is 22.0 Å². The van der Waals surface area contributed by atoms with Gasteiger partial charge in [-0.2, -0.15) is 0 Å². The minimum atomic E-state index is -3.60. The summed E-state index contributed by atoms with van der Waals surface area (Å²) in [7, 11) is -3.60. The minimum absolute atomic E-state index is 0.0349. The van der Waals surface area contributed by atoms with Gasteiger partial charge < -0.3 is 5.32 Å². The molecule has 0 aliphatic heterocycles. The van der Waals surface area contributed by atoms with E-state index in [0.717, 1.165) is 0 Å². The van der Waals surface area contributed by atoms with E-state index in [-0.39, 0.29) is 22.3 Å². The van der Waals surface area contributed by atoms with Crippen LogP contribution >= 0.6 is 0 Å². The molecular formula is C22H29N5O3S. The molecule has 0 atom stereocenters. The Morgan fingerprint density at radius 1 is 1.10 bits per heavy atom. The van der Waals surface area contributed by atoms with Crippen LogP contribution in [0.1, 0.15) is 50.5 Å². The maximum atomic E-state index is 12.4. The summed E-state index contributed by atoms with van der Waals surface area (Å²) in [4.78, 5) is 12.6. The molecule has 0 fully saturated rings. The van der Waals surface area contributed by atoms with Crippen molar-refractivity contribution >= 4 is 27.0 Å². The molecule has 2 N–H and O–H groups in total. The van der Waals surface area contributed by atoms with Gasteiger partial charge in [-0.05, 0) is 55.2 Å². The molecular weight excluding hydrogens is 414 g/mol. The Balaban J connectivity index is 1.64. The Labute approximate surface area is 183 Å². The number of nitrogens with zero attached hydrogens (tertiary/aromatic N) is 3. The van der Waals surface area contributed by atoms with Gasteiger partial charge in [0.05, 0.1) is 17.0 Å². The summed E-state index contributed by atoms with van der Waals surface area (Å²) in [6.45, 7) is 10.7. The van der Waals surface area contributed by atoms with Crippen molar-refractivity contribution in [2.24, 2.45) is 0 Å². The predicted molar refractivity (Wildman–Crippen MR) is 120 cm³/mol. The number of carbonyl (C=O) groups is 1. The number of hydrogen-bond donors (Lipinski definition) is 2. The average Bonchev–Trinajstić information content (AvgIpc) is 3.09. The summed E-state index contributed by atoms with van der Waals surface area (Å²) in [5.41, 5.74) is 2.99. The Hall–Kier alpha value is -2.78. The van der Waals surface area contributed by atoms with Crippen LogP contribution in [0.15, 0.2) is 47.4 Å². The summed E-state index contributed by atoms with van der Waals surface area (Å²) < 4.78 is 28.9. The SMILES string of the molecule is CC(C)NS(=O)(=O)c1ccc2c(c1)nnn2CCNC(=O)c1ccc(C(C)(C)C)cc1. The maximum Gasteiger partial charge on any atom is 0.251 e. The van der Waals surface area contributed by atoms with Gasteiger partial charge in [-0.3, -0.25) is 4.79 Å². The van der Waals surface area contributed by atoms with Gasteiger partial charge >= 0.3 is 0 Å². The lowest BCUT2D eigenvalue weighted by molar-refractivity contribution is 0.0952. The van der Waals surface area contributed by atoms with E-state index in [9.17, 15) is 13.2 Å². The number of carbonyl (C=O) groups excluding carboxylic acids is 1. The molecule has 0 aliphatic carbocycles. The third-order valence-corrected chi connectivity index (χ3v) is 6.47. The number of amides is 1.